The van der Waals surface area contributed by atoms with Crippen molar-refractivity contribution in [1.29, 1.82) is 0 Å². The van der Waals surface area contributed by atoms with Crippen LogP contribution in [0.25, 0.3) is 16.9 Å². The Hall–Kier alpha value is -2.49. The number of aryl methyl sites for hydroxylation is 1. The quantitative estimate of drug-likeness (QED) is 0.731. The zero-order valence-corrected chi connectivity index (χ0v) is 12.5. The van der Waals surface area contributed by atoms with Crippen LogP contribution in [0, 0.1) is 6.92 Å². The predicted molar refractivity (Wildman–Crippen MR) is 83.1 cm³/mol. The second kappa shape index (κ2) is 5.48. The van der Waals surface area contributed by atoms with Crippen LogP contribution in [0.3, 0.4) is 0 Å². The number of pyridine rings is 1. The second-order valence-electron chi connectivity index (χ2n) is 4.87. The minimum Gasteiger partial charge on any atom is -0.496 e. The highest BCUT2D eigenvalue weighted by Crippen LogP contribution is 2.31. The van der Waals surface area contributed by atoms with Gasteiger partial charge < -0.3 is 13.9 Å². The Balaban J connectivity index is 2.17. The number of imidazole rings is 1. The van der Waals surface area contributed by atoms with Crippen LogP contribution in [0.15, 0.2) is 42.7 Å². The molecule has 4 heteroatoms. The van der Waals surface area contributed by atoms with Crippen LogP contribution in [0.5, 0.6) is 11.5 Å². The molecule has 0 spiro atoms. The summed E-state index contributed by atoms with van der Waals surface area (Å²) in [6.07, 6.45) is 3.96. The highest BCUT2D eigenvalue weighted by Gasteiger charge is 2.12. The molecule has 3 rings (SSSR count). The van der Waals surface area contributed by atoms with E-state index in [1.807, 2.05) is 48.0 Å². The molecule has 0 atom stereocenters. The third-order valence-electron chi connectivity index (χ3n) is 3.38. The van der Waals surface area contributed by atoms with Gasteiger partial charge in [-0.15, -0.1) is 0 Å². The van der Waals surface area contributed by atoms with Gasteiger partial charge in [0.15, 0.2) is 11.4 Å². The van der Waals surface area contributed by atoms with Gasteiger partial charge in [-0.25, -0.2) is 4.98 Å². The van der Waals surface area contributed by atoms with Crippen LogP contribution in [-0.2, 0) is 0 Å². The Labute approximate surface area is 124 Å². The first-order valence-corrected chi connectivity index (χ1v) is 6.98. The van der Waals surface area contributed by atoms with E-state index in [1.165, 1.54) is 5.56 Å². The molecule has 0 fully saturated rings. The molecule has 0 saturated heterocycles. The van der Waals surface area contributed by atoms with E-state index in [0.29, 0.717) is 6.61 Å². The zero-order valence-electron chi connectivity index (χ0n) is 12.5. The third-order valence-corrected chi connectivity index (χ3v) is 3.38. The Morgan fingerprint density at radius 1 is 1.19 bits per heavy atom. The molecule has 0 aliphatic carbocycles. The van der Waals surface area contributed by atoms with Crippen molar-refractivity contribution in [2.75, 3.05) is 13.7 Å². The summed E-state index contributed by atoms with van der Waals surface area (Å²) in [6, 6.07) is 9.98. The van der Waals surface area contributed by atoms with Crippen LogP contribution in [0.1, 0.15) is 12.5 Å². The fraction of sp³-hybridized carbons (Fsp3) is 0.235. The molecule has 0 bridgehead atoms. The Bertz CT molecular complexity index is 778. The summed E-state index contributed by atoms with van der Waals surface area (Å²) >= 11 is 0. The summed E-state index contributed by atoms with van der Waals surface area (Å²) in [5.74, 6) is 1.61. The Morgan fingerprint density at radius 2 is 2.05 bits per heavy atom. The third kappa shape index (κ3) is 2.44. The van der Waals surface area contributed by atoms with Crippen molar-refractivity contribution in [3.63, 3.8) is 0 Å². The number of hydrogen-bond acceptors (Lipinski definition) is 3. The summed E-state index contributed by atoms with van der Waals surface area (Å²) in [6.45, 7) is 4.65. The lowest BCUT2D eigenvalue weighted by Gasteiger charge is -2.06. The minimum absolute atomic E-state index is 0.621. The van der Waals surface area contributed by atoms with Crippen molar-refractivity contribution in [2.45, 2.75) is 13.8 Å². The molecule has 108 valence electrons. The van der Waals surface area contributed by atoms with Crippen molar-refractivity contribution < 1.29 is 9.47 Å². The standard InChI is InChI=1S/C17H18N2O2/c1-4-21-16-6-5-9-19-11-14(18-17(16)19)13-10-12(2)7-8-15(13)20-3/h5-11H,4H2,1-3H3. The van der Waals surface area contributed by atoms with E-state index in [-0.39, 0.29) is 0 Å². The number of nitrogens with zero attached hydrogens (tertiary/aromatic N) is 2. The molecular formula is C17H18N2O2. The lowest BCUT2D eigenvalue weighted by Crippen LogP contribution is -1.94. The number of rotatable bonds is 4. The normalized spacial score (nSPS) is 10.8. The van der Waals surface area contributed by atoms with E-state index in [4.69, 9.17) is 14.5 Å². The van der Waals surface area contributed by atoms with Crippen LogP contribution in [-0.4, -0.2) is 23.1 Å². The topological polar surface area (TPSA) is 35.8 Å². The molecule has 0 radical (unpaired) electrons. The molecule has 0 aliphatic rings. The van der Waals surface area contributed by atoms with Crippen molar-refractivity contribution in [1.82, 2.24) is 9.38 Å². The molecule has 2 heterocycles. The number of hydrogen-bond donors (Lipinski definition) is 0. The number of benzene rings is 1. The fourth-order valence-electron chi connectivity index (χ4n) is 2.41. The van der Waals surface area contributed by atoms with E-state index in [2.05, 4.69) is 13.0 Å². The van der Waals surface area contributed by atoms with E-state index < -0.39 is 0 Å². The number of methoxy groups -OCH3 is 1. The van der Waals surface area contributed by atoms with Crippen LogP contribution >= 0.6 is 0 Å². The fourth-order valence-corrected chi connectivity index (χ4v) is 2.41. The molecule has 0 amide bonds. The first-order valence-electron chi connectivity index (χ1n) is 6.98. The number of fused-ring (bicyclic) bond motifs is 1. The van der Waals surface area contributed by atoms with Gasteiger partial charge in [-0.3, -0.25) is 0 Å². The van der Waals surface area contributed by atoms with Gasteiger partial charge in [0.25, 0.3) is 0 Å². The number of ether oxygens (including phenoxy) is 2. The predicted octanol–water partition coefficient (Wildman–Crippen LogP) is 3.72. The molecule has 0 saturated carbocycles. The summed E-state index contributed by atoms with van der Waals surface area (Å²) < 4.78 is 13.1. The lowest BCUT2D eigenvalue weighted by molar-refractivity contribution is 0.342. The van der Waals surface area contributed by atoms with Gasteiger partial charge in [0.05, 0.1) is 19.4 Å². The molecule has 21 heavy (non-hydrogen) atoms. The van der Waals surface area contributed by atoms with E-state index in [1.54, 1.807) is 7.11 Å². The van der Waals surface area contributed by atoms with Crippen molar-refractivity contribution >= 4 is 5.65 Å². The summed E-state index contributed by atoms with van der Waals surface area (Å²) in [5.41, 5.74) is 3.86. The highest BCUT2D eigenvalue weighted by molar-refractivity contribution is 5.71. The largest absolute Gasteiger partial charge is 0.496 e. The van der Waals surface area contributed by atoms with Gasteiger partial charge in [0.2, 0.25) is 0 Å². The molecule has 1 aromatic carbocycles. The average molecular weight is 282 g/mol. The Kier molecular flexibility index (Phi) is 3.52. The average Bonchev–Trinajstić information content (AvgIpc) is 2.92. The number of aromatic nitrogens is 2. The lowest BCUT2D eigenvalue weighted by atomic mass is 10.1. The molecule has 0 N–H and O–H groups in total. The van der Waals surface area contributed by atoms with Crippen molar-refractivity contribution in [2.24, 2.45) is 0 Å². The minimum atomic E-state index is 0.621. The van der Waals surface area contributed by atoms with Gasteiger partial charge in [-0.05, 0) is 38.1 Å². The second-order valence-corrected chi connectivity index (χ2v) is 4.87. The van der Waals surface area contributed by atoms with Gasteiger partial charge in [0.1, 0.15) is 5.75 Å². The first kappa shape index (κ1) is 13.5. The van der Waals surface area contributed by atoms with Gasteiger partial charge in [0, 0.05) is 18.0 Å². The van der Waals surface area contributed by atoms with Crippen LogP contribution in [0.4, 0.5) is 0 Å². The molecular weight excluding hydrogens is 264 g/mol. The van der Waals surface area contributed by atoms with Crippen molar-refractivity contribution in [3.8, 4) is 22.8 Å². The summed E-state index contributed by atoms with van der Waals surface area (Å²) in [4.78, 5) is 4.71. The highest BCUT2D eigenvalue weighted by atomic mass is 16.5. The maximum absolute atomic E-state index is 5.63. The molecule has 0 aliphatic heterocycles. The van der Waals surface area contributed by atoms with Crippen molar-refractivity contribution in [3.05, 3.63) is 48.3 Å². The van der Waals surface area contributed by atoms with Crippen LogP contribution in [0.2, 0.25) is 0 Å². The molecule has 3 aromatic rings. The Morgan fingerprint density at radius 3 is 2.81 bits per heavy atom. The molecule has 0 unspecified atom stereocenters. The SMILES string of the molecule is CCOc1cccn2cc(-c3cc(C)ccc3OC)nc12. The maximum atomic E-state index is 5.63. The first-order chi connectivity index (χ1) is 10.2. The monoisotopic (exact) mass is 282 g/mol. The zero-order chi connectivity index (χ0) is 14.8. The molecule has 2 aromatic heterocycles. The van der Waals surface area contributed by atoms with E-state index in [0.717, 1.165) is 28.4 Å². The van der Waals surface area contributed by atoms with Gasteiger partial charge >= 0.3 is 0 Å². The smallest absolute Gasteiger partial charge is 0.180 e. The molecule has 4 nitrogen and oxygen atoms in total. The van der Waals surface area contributed by atoms with Gasteiger partial charge in [-0.1, -0.05) is 11.6 Å². The summed E-state index contributed by atoms with van der Waals surface area (Å²) in [7, 11) is 1.68. The van der Waals surface area contributed by atoms with E-state index in [9.17, 15) is 0 Å². The summed E-state index contributed by atoms with van der Waals surface area (Å²) in [5, 5.41) is 0. The maximum Gasteiger partial charge on any atom is 0.180 e. The van der Waals surface area contributed by atoms with Gasteiger partial charge in [-0.2, -0.15) is 0 Å². The van der Waals surface area contributed by atoms with E-state index >= 15 is 0 Å². The van der Waals surface area contributed by atoms with Crippen LogP contribution < -0.4 is 9.47 Å².